The Morgan fingerprint density at radius 1 is 1.31 bits per heavy atom. The van der Waals surface area contributed by atoms with Crippen molar-refractivity contribution >= 4 is 0 Å². The molecule has 1 aromatic rings. The van der Waals surface area contributed by atoms with E-state index in [1.807, 2.05) is 25.2 Å². The third-order valence-electron chi connectivity index (χ3n) is 2.23. The van der Waals surface area contributed by atoms with E-state index in [1.54, 1.807) is 0 Å². The fourth-order valence-corrected chi connectivity index (χ4v) is 1.39. The third kappa shape index (κ3) is 2.46. The molecule has 1 aromatic carbocycles. The van der Waals surface area contributed by atoms with E-state index < -0.39 is 0 Å². The van der Waals surface area contributed by atoms with Crippen molar-refractivity contribution in [1.29, 1.82) is 0 Å². The van der Waals surface area contributed by atoms with Gasteiger partial charge in [-0.15, -0.1) is 0 Å². The number of nitrogens with one attached hydrogen (secondary N) is 1. The minimum Gasteiger partial charge on any atom is -0.507 e. The van der Waals surface area contributed by atoms with Gasteiger partial charge in [-0.3, -0.25) is 0 Å². The van der Waals surface area contributed by atoms with Crippen molar-refractivity contribution in [2.24, 2.45) is 0 Å². The van der Waals surface area contributed by atoms with Crippen LogP contribution in [0.15, 0.2) is 18.2 Å². The lowest BCUT2D eigenvalue weighted by Crippen LogP contribution is -2.10. The first kappa shape index (κ1) is 10.1. The number of rotatable bonds is 4. The molecule has 1 rings (SSSR count). The van der Waals surface area contributed by atoms with Crippen molar-refractivity contribution in [3.8, 4) is 5.75 Å². The summed E-state index contributed by atoms with van der Waals surface area (Å²) in [4.78, 5) is 0. The molecule has 0 aliphatic heterocycles. The van der Waals surface area contributed by atoms with Gasteiger partial charge >= 0.3 is 0 Å². The van der Waals surface area contributed by atoms with Crippen LogP contribution in [0.3, 0.4) is 0 Å². The monoisotopic (exact) mass is 179 g/mol. The van der Waals surface area contributed by atoms with Crippen LogP contribution in [0.1, 0.15) is 18.1 Å². The molecule has 0 unspecified atom stereocenters. The molecule has 72 valence electrons. The van der Waals surface area contributed by atoms with E-state index in [-0.39, 0.29) is 0 Å². The first-order valence-electron chi connectivity index (χ1n) is 4.74. The van der Waals surface area contributed by atoms with Gasteiger partial charge < -0.3 is 10.4 Å². The van der Waals surface area contributed by atoms with Gasteiger partial charge in [0, 0.05) is 0 Å². The minimum absolute atomic E-state index is 0.472. The summed E-state index contributed by atoms with van der Waals surface area (Å²) in [5.41, 5.74) is 2.07. The Morgan fingerprint density at radius 3 is 2.62 bits per heavy atom. The van der Waals surface area contributed by atoms with Crippen molar-refractivity contribution in [3.63, 3.8) is 0 Å². The molecule has 0 atom stereocenters. The predicted molar refractivity (Wildman–Crippen MR) is 55.1 cm³/mol. The second-order valence-electron chi connectivity index (χ2n) is 3.13. The molecule has 0 fully saturated rings. The number of benzene rings is 1. The van der Waals surface area contributed by atoms with Crippen LogP contribution in [0.4, 0.5) is 0 Å². The molecule has 0 aromatic heterocycles. The second-order valence-corrected chi connectivity index (χ2v) is 3.13. The third-order valence-corrected chi connectivity index (χ3v) is 2.23. The van der Waals surface area contributed by atoms with Crippen molar-refractivity contribution in [3.05, 3.63) is 29.3 Å². The molecule has 0 aliphatic rings. The lowest BCUT2D eigenvalue weighted by Gasteiger charge is -2.07. The van der Waals surface area contributed by atoms with Crippen LogP contribution in [0.2, 0.25) is 0 Å². The Kier molecular flexibility index (Phi) is 3.77. The topological polar surface area (TPSA) is 32.3 Å². The maximum absolute atomic E-state index is 9.79. The number of aromatic hydroxyl groups is 1. The van der Waals surface area contributed by atoms with Crippen LogP contribution in [0.25, 0.3) is 0 Å². The average molecular weight is 179 g/mol. The Morgan fingerprint density at radius 2 is 2.00 bits per heavy atom. The zero-order valence-electron chi connectivity index (χ0n) is 8.30. The molecule has 2 N–H and O–H groups in total. The number of phenolic OH excluding ortho intramolecular Hbond substituents is 1. The number of aryl methyl sites for hydroxylation is 1. The minimum atomic E-state index is 0.472. The summed E-state index contributed by atoms with van der Waals surface area (Å²) in [7, 11) is 1.92. The van der Waals surface area contributed by atoms with Crippen molar-refractivity contribution in [1.82, 2.24) is 5.32 Å². The van der Waals surface area contributed by atoms with Gasteiger partial charge in [-0.05, 0) is 37.6 Å². The average Bonchev–Trinajstić information content (AvgIpc) is 2.16. The standard InChI is InChI=1S/C11H17NO/c1-3-9-5-4-6-10(11(9)13)7-8-12-2/h4-6,12-13H,3,7-8H2,1-2H3. The SMILES string of the molecule is CCc1cccc(CCNC)c1O. The van der Waals surface area contributed by atoms with Crippen LogP contribution in [-0.4, -0.2) is 18.7 Å². The molecule has 0 saturated heterocycles. The summed E-state index contributed by atoms with van der Waals surface area (Å²) in [6.07, 6.45) is 1.77. The number of hydrogen-bond acceptors (Lipinski definition) is 2. The quantitative estimate of drug-likeness (QED) is 0.737. The zero-order chi connectivity index (χ0) is 9.68. The summed E-state index contributed by atoms with van der Waals surface area (Å²) in [5, 5.41) is 12.9. The van der Waals surface area contributed by atoms with Gasteiger partial charge in [-0.25, -0.2) is 0 Å². The molecule has 0 spiro atoms. The molecule has 2 heteroatoms. The van der Waals surface area contributed by atoms with Gasteiger partial charge in [0.1, 0.15) is 5.75 Å². The van der Waals surface area contributed by atoms with E-state index in [4.69, 9.17) is 0 Å². The van der Waals surface area contributed by atoms with Crippen LogP contribution in [-0.2, 0) is 12.8 Å². The van der Waals surface area contributed by atoms with Gasteiger partial charge in [0.2, 0.25) is 0 Å². The fraction of sp³-hybridized carbons (Fsp3) is 0.455. The van der Waals surface area contributed by atoms with Gasteiger partial charge in [0.25, 0.3) is 0 Å². The molecule has 0 radical (unpaired) electrons. The summed E-state index contributed by atoms with van der Waals surface area (Å²) < 4.78 is 0. The highest BCUT2D eigenvalue weighted by Crippen LogP contribution is 2.22. The molecule has 0 amide bonds. The van der Waals surface area contributed by atoms with Crippen LogP contribution < -0.4 is 5.32 Å². The summed E-state index contributed by atoms with van der Waals surface area (Å²) in [6.45, 7) is 2.96. The number of para-hydroxylation sites is 1. The first-order chi connectivity index (χ1) is 6.29. The number of likely N-dealkylation sites (N-methyl/N-ethyl adjacent to an activating group) is 1. The van der Waals surface area contributed by atoms with E-state index in [9.17, 15) is 5.11 Å². The smallest absolute Gasteiger partial charge is 0.121 e. The van der Waals surface area contributed by atoms with E-state index >= 15 is 0 Å². The Bertz CT molecular complexity index is 271. The van der Waals surface area contributed by atoms with Crippen molar-refractivity contribution in [2.75, 3.05) is 13.6 Å². The largest absolute Gasteiger partial charge is 0.507 e. The summed E-state index contributed by atoms with van der Waals surface area (Å²) in [5.74, 6) is 0.472. The van der Waals surface area contributed by atoms with Gasteiger partial charge in [0.15, 0.2) is 0 Å². The summed E-state index contributed by atoms with van der Waals surface area (Å²) >= 11 is 0. The lowest BCUT2D eigenvalue weighted by atomic mass is 10.0. The van der Waals surface area contributed by atoms with E-state index in [0.717, 1.165) is 30.5 Å². The van der Waals surface area contributed by atoms with Crippen molar-refractivity contribution < 1.29 is 5.11 Å². The second kappa shape index (κ2) is 4.87. The van der Waals surface area contributed by atoms with Crippen LogP contribution in [0, 0.1) is 0 Å². The van der Waals surface area contributed by atoms with Crippen molar-refractivity contribution in [2.45, 2.75) is 19.8 Å². The van der Waals surface area contributed by atoms with Gasteiger partial charge in [-0.1, -0.05) is 25.1 Å². The maximum atomic E-state index is 9.79. The zero-order valence-corrected chi connectivity index (χ0v) is 8.30. The van der Waals surface area contributed by atoms with Crippen LogP contribution >= 0.6 is 0 Å². The summed E-state index contributed by atoms with van der Waals surface area (Å²) in [6, 6.07) is 5.95. The molecular formula is C11H17NO. The normalized spacial score (nSPS) is 10.3. The lowest BCUT2D eigenvalue weighted by molar-refractivity contribution is 0.461. The highest BCUT2D eigenvalue weighted by Gasteiger charge is 2.03. The van der Waals surface area contributed by atoms with E-state index in [1.165, 1.54) is 0 Å². The molecule has 0 aliphatic carbocycles. The highest BCUT2D eigenvalue weighted by molar-refractivity contribution is 5.40. The Hall–Kier alpha value is -1.02. The van der Waals surface area contributed by atoms with E-state index in [2.05, 4.69) is 12.2 Å². The number of hydrogen-bond donors (Lipinski definition) is 2. The molecule has 13 heavy (non-hydrogen) atoms. The highest BCUT2D eigenvalue weighted by atomic mass is 16.3. The Balaban J connectivity index is 2.81. The maximum Gasteiger partial charge on any atom is 0.121 e. The van der Waals surface area contributed by atoms with Crippen LogP contribution in [0.5, 0.6) is 5.75 Å². The van der Waals surface area contributed by atoms with Gasteiger partial charge in [-0.2, -0.15) is 0 Å². The molecule has 2 nitrogen and oxygen atoms in total. The predicted octanol–water partition coefficient (Wildman–Crippen LogP) is 1.72. The fourth-order valence-electron chi connectivity index (χ4n) is 1.39. The molecular weight excluding hydrogens is 162 g/mol. The Labute approximate surface area is 79.6 Å². The first-order valence-corrected chi connectivity index (χ1v) is 4.74. The molecule has 0 bridgehead atoms. The molecule has 0 saturated carbocycles. The van der Waals surface area contributed by atoms with Gasteiger partial charge in [0.05, 0.1) is 0 Å². The number of phenols is 1. The molecule has 0 heterocycles. The van der Waals surface area contributed by atoms with E-state index in [0.29, 0.717) is 5.75 Å².